The van der Waals surface area contributed by atoms with Gasteiger partial charge in [0, 0.05) is 19.1 Å². The zero-order valence-electron chi connectivity index (χ0n) is 16.5. The molecule has 1 spiro atoms. The zero-order chi connectivity index (χ0) is 18.4. The topological polar surface area (TPSA) is 38.3 Å². The molecule has 1 aromatic carbocycles. The molecule has 4 rings (SSSR count). The largest absolute Gasteiger partial charge is 0.378 e. The molecule has 1 heterocycles. The van der Waals surface area contributed by atoms with Crippen molar-refractivity contribution in [2.45, 2.75) is 71.4 Å². The monoisotopic (exact) mass is 355 g/mol. The van der Waals surface area contributed by atoms with Gasteiger partial charge in [0.25, 0.3) is 0 Å². The van der Waals surface area contributed by atoms with Crippen molar-refractivity contribution in [3.8, 4) is 0 Å². The number of carbonyl (C=O) groups excluding carboxylic acids is 1. The molecule has 1 N–H and O–H groups in total. The fourth-order valence-corrected chi connectivity index (χ4v) is 6.41. The van der Waals surface area contributed by atoms with E-state index < -0.39 is 0 Å². The number of rotatable bonds is 5. The predicted octanol–water partition coefficient (Wildman–Crippen LogP) is 4.36. The smallest absolute Gasteiger partial charge is 0.219 e. The van der Waals surface area contributed by atoms with Crippen LogP contribution in [0.2, 0.25) is 0 Å². The fourth-order valence-electron chi connectivity index (χ4n) is 6.41. The number of aryl methyl sites for hydroxylation is 1. The Morgan fingerprint density at radius 3 is 2.77 bits per heavy atom. The minimum Gasteiger partial charge on any atom is -0.378 e. The average molecular weight is 356 g/mol. The molecule has 0 aromatic heterocycles. The first-order valence-electron chi connectivity index (χ1n) is 10.4. The Hall–Kier alpha value is -1.35. The molecular weight excluding hydrogens is 322 g/mol. The van der Waals surface area contributed by atoms with Crippen LogP contribution in [-0.2, 0) is 16.0 Å². The van der Waals surface area contributed by atoms with Gasteiger partial charge in [-0.15, -0.1) is 0 Å². The SMILES string of the molecule is CCC(=O)N[C@@H]1C(C)(C)[C@@H]2C[C@@H]3[C@@H](CCc4ccccc4)OCCC31C2. The molecular formula is C23H33NO2. The van der Waals surface area contributed by atoms with Crippen molar-refractivity contribution >= 4 is 5.91 Å². The molecule has 3 fully saturated rings. The standard InChI is InChI=1S/C23H33NO2/c1-4-20(25)24-21-22(2,3)17-14-18-19(26-13-12-23(18,21)15-17)11-10-16-8-6-5-7-9-16/h5-9,17-19,21H,4,10-15H2,1-3H3,(H,24,25)/t17-,18-,19-,21-,23?/m1/s1. The van der Waals surface area contributed by atoms with Gasteiger partial charge in [0.15, 0.2) is 0 Å². The quantitative estimate of drug-likeness (QED) is 0.852. The molecule has 2 saturated carbocycles. The van der Waals surface area contributed by atoms with Crippen molar-refractivity contribution < 1.29 is 9.53 Å². The molecule has 26 heavy (non-hydrogen) atoms. The summed E-state index contributed by atoms with van der Waals surface area (Å²) in [4.78, 5) is 12.3. The maximum atomic E-state index is 12.3. The van der Waals surface area contributed by atoms with Gasteiger partial charge in [0.1, 0.15) is 0 Å². The van der Waals surface area contributed by atoms with Crippen LogP contribution >= 0.6 is 0 Å². The molecule has 1 unspecified atom stereocenters. The van der Waals surface area contributed by atoms with Crippen molar-refractivity contribution in [2.24, 2.45) is 22.7 Å². The van der Waals surface area contributed by atoms with E-state index in [1.165, 1.54) is 18.4 Å². The van der Waals surface area contributed by atoms with Gasteiger partial charge in [-0.25, -0.2) is 0 Å². The van der Waals surface area contributed by atoms with Gasteiger partial charge >= 0.3 is 0 Å². The third kappa shape index (κ3) is 2.79. The Bertz CT molecular complexity index is 655. The van der Waals surface area contributed by atoms with Crippen molar-refractivity contribution in [1.82, 2.24) is 5.32 Å². The molecule has 5 atom stereocenters. The first-order valence-corrected chi connectivity index (χ1v) is 10.4. The highest BCUT2D eigenvalue weighted by molar-refractivity contribution is 5.76. The summed E-state index contributed by atoms with van der Waals surface area (Å²) in [6, 6.07) is 11.0. The van der Waals surface area contributed by atoms with Gasteiger partial charge in [0.05, 0.1) is 6.10 Å². The summed E-state index contributed by atoms with van der Waals surface area (Å²) in [5.74, 6) is 1.51. The van der Waals surface area contributed by atoms with E-state index in [0.717, 1.165) is 25.9 Å². The number of fused-ring (bicyclic) bond motifs is 1. The number of ether oxygens (including phenoxy) is 1. The van der Waals surface area contributed by atoms with Gasteiger partial charge < -0.3 is 10.1 Å². The summed E-state index contributed by atoms with van der Waals surface area (Å²) in [6.45, 7) is 7.55. The molecule has 0 radical (unpaired) electrons. The number of amides is 1. The molecule has 2 bridgehead atoms. The Morgan fingerprint density at radius 1 is 1.27 bits per heavy atom. The third-order valence-electron chi connectivity index (χ3n) is 7.81. The fraction of sp³-hybridized carbons (Fsp3) is 0.696. The van der Waals surface area contributed by atoms with Crippen LogP contribution in [0.3, 0.4) is 0 Å². The summed E-state index contributed by atoms with van der Waals surface area (Å²) < 4.78 is 6.30. The van der Waals surface area contributed by atoms with Crippen molar-refractivity contribution in [3.05, 3.63) is 35.9 Å². The number of nitrogens with one attached hydrogen (secondary N) is 1. The van der Waals surface area contributed by atoms with Crippen LogP contribution in [0.5, 0.6) is 0 Å². The van der Waals surface area contributed by atoms with E-state index in [0.29, 0.717) is 30.4 Å². The van der Waals surface area contributed by atoms with Crippen LogP contribution in [0, 0.1) is 22.7 Å². The van der Waals surface area contributed by atoms with Crippen molar-refractivity contribution in [1.29, 1.82) is 0 Å². The zero-order valence-corrected chi connectivity index (χ0v) is 16.5. The number of hydrogen-bond donors (Lipinski definition) is 1. The van der Waals surface area contributed by atoms with E-state index >= 15 is 0 Å². The van der Waals surface area contributed by atoms with Gasteiger partial charge in [-0.05, 0) is 60.3 Å². The van der Waals surface area contributed by atoms with Crippen LogP contribution in [0.15, 0.2) is 30.3 Å². The lowest BCUT2D eigenvalue weighted by atomic mass is 9.59. The molecule has 3 nitrogen and oxygen atoms in total. The Morgan fingerprint density at radius 2 is 2.04 bits per heavy atom. The second-order valence-electron chi connectivity index (χ2n) is 9.34. The minimum atomic E-state index is 0.197. The van der Waals surface area contributed by atoms with Crippen molar-refractivity contribution in [2.75, 3.05) is 6.61 Å². The lowest BCUT2D eigenvalue weighted by Gasteiger charge is -2.53. The summed E-state index contributed by atoms with van der Waals surface area (Å²) in [6.07, 6.45) is 6.73. The highest BCUT2D eigenvalue weighted by Crippen LogP contribution is 2.68. The third-order valence-corrected chi connectivity index (χ3v) is 7.81. The van der Waals surface area contributed by atoms with Gasteiger partial charge in [-0.3, -0.25) is 4.79 Å². The van der Waals surface area contributed by atoms with Crippen LogP contribution in [0.4, 0.5) is 0 Å². The van der Waals surface area contributed by atoms with Crippen LogP contribution in [0.1, 0.15) is 58.4 Å². The molecule has 3 heteroatoms. The second-order valence-corrected chi connectivity index (χ2v) is 9.34. The van der Waals surface area contributed by atoms with E-state index in [4.69, 9.17) is 4.74 Å². The summed E-state index contributed by atoms with van der Waals surface area (Å²) >= 11 is 0. The highest BCUT2D eigenvalue weighted by Gasteiger charge is 2.68. The van der Waals surface area contributed by atoms with E-state index in [1.54, 1.807) is 0 Å². The van der Waals surface area contributed by atoms with E-state index in [9.17, 15) is 4.79 Å². The lowest BCUT2D eigenvalue weighted by molar-refractivity contribution is -0.136. The molecule has 142 valence electrons. The van der Waals surface area contributed by atoms with E-state index in [1.807, 2.05) is 6.92 Å². The minimum absolute atomic E-state index is 0.197. The predicted molar refractivity (Wildman–Crippen MR) is 104 cm³/mol. The average Bonchev–Trinajstić information content (AvgIpc) is 3.14. The second kappa shape index (κ2) is 6.67. The molecule has 3 aliphatic rings. The van der Waals surface area contributed by atoms with Gasteiger partial charge in [0.2, 0.25) is 5.91 Å². The van der Waals surface area contributed by atoms with Crippen molar-refractivity contribution in [3.63, 3.8) is 0 Å². The Balaban J connectivity index is 1.53. The summed E-state index contributed by atoms with van der Waals surface area (Å²) in [5, 5.41) is 3.44. The Labute approximate surface area is 157 Å². The molecule has 1 saturated heterocycles. The maximum Gasteiger partial charge on any atom is 0.219 e. The van der Waals surface area contributed by atoms with E-state index in [2.05, 4.69) is 49.5 Å². The number of benzene rings is 1. The first-order chi connectivity index (χ1) is 12.5. The number of carbonyl (C=O) groups is 1. The first kappa shape index (κ1) is 18.0. The lowest BCUT2D eigenvalue weighted by Crippen LogP contribution is -2.60. The Kier molecular flexibility index (Phi) is 4.63. The number of hydrogen-bond acceptors (Lipinski definition) is 2. The molecule has 1 aromatic rings. The van der Waals surface area contributed by atoms with Crippen LogP contribution in [0.25, 0.3) is 0 Å². The van der Waals surface area contributed by atoms with Gasteiger partial charge in [-0.1, -0.05) is 51.1 Å². The normalized spacial score (nSPS) is 37.3. The van der Waals surface area contributed by atoms with Crippen LogP contribution in [-0.4, -0.2) is 24.7 Å². The molecule has 1 aliphatic heterocycles. The highest BCUT2D eigenvalue weighted by atomic mass is 16.5. The molecule has 1 amide bonds. The maximum absolute atomic E-state index is 12.3. The molecule has 2 aliphatic carbocycles. The summed E-state index contributed by atoms with van der Waals surface area (Å²) in [5.41, 5.74) is 1.84. The summed E-state index contributed by atoms with van der Waals surface area (Å²) in [7, 11) is 0. The van der Waals surface area contributed by atoms with E-state index in [-0.39, 0.29) is 16.7 Å². The van der Waals surface area contributed by atoms with Crippen LogP contribution < -0.4 is 5.32 Å². The van der Waals surface area contributed by atoms with Gasteiger partial charge in [-0.2, -0.15) is 0 Å².